The first-order chi connectivity index (χ1) is 9.15. The lowest BCUT2D eigenvalue weighted by molar-refractivity contribution is 1.03. The van der Waals surface area contributed by atoms with Crippen molar-refractivity contribution in [3.8, 4) is 11.3 Å². The van der Waals surface area contributed by atoms with E-state index in [1.165, 1.54) is 0 Å². The molecule has 0 amide bonds. The Bertz CT molecular complexity index is 865. The standard InChI is InChI=1S/C13H10N4O2/c1-7-9(8-5-3-2-4-6-8)15-11-10(14-7)12(18)17-13(19)16-11/h2-6H,1H3,(H2,15,16,17,18,19). The van der Waals surface area contributed by atoms with E-state index >= 15 is 0 Å². The highest BCUT2D eigenvalue weighted by molar-refractivity contribution is 5.73. The summed E-state index contributed by atoms with van der Waals surface area (Å²) in [5.41, 5.74) is 1.37. The summed E-state index contributed by atoms with van der Waals surface area (Å²) in [5, 5.41) is 0. The summed E-state index contributed by atoms with van der Waals surface area (Å²) < 4.78 is 0. The van der Waals surface area contributed by atoms with Crippen LogP contribution in [0.15, 0.2) is 39.9 Å². The number of benzene rings is 1. The van der Waals surface area contributed by atoms with Crippen LogP contribution in [0.2, 0.25) is 0 Å². The van der Waals surface area contributed by atoms with Gasteiger partial charge in [0.1, 0.15) is 0 Å². The number of nitrogens with one attached hydrogen (secondary N) is 2. The first-order valence-corrected chi connectivity index (χ1v) is 5.71. The van der Waals surface area contributed by atoms with Crippen molar-refractivity contribution in [3.05, 3.63) is 56.9 Å². The maximum Gasteiger partial charge on any atom is 0.327 e. The monoisotopic (exact) mass is 254 g/mol. The molecular weight excluding hydrogens is 244 g/mol. The van der Waals surface area contributed by atoms with Crippen LogP contribution in [0.25, 0.3) is 22.4 Å². The maximum atomic E-state index is 11.6. The summed E-state index contributed by atoms with van der Waals surface area (Å²) in [7, 11) is 0. The minimum Gasteiger partial charge on any atom is -0.290 e. The lowest BCUT2D eigenvalue weighted by atomic mass is 10.1. The largest absolute Gasteiger partial charge is 0.327 e. The van der Waals surface area contributed by atoms with E-state index < -0.39 is 11.2 Å². The summed E-state index contributed by atoms with van der Waals surface area (Å²) in [6.45, 7) is 1.78. The van der Waals surface area contributed by atoms with Crippen LogP contribution in [-0.2, 0) is 0 Å². The van der Waals surface area contributed by atoms with Gasteiger partial charge in [0, 0.05) is 5.56 Å². The predicted octanol–water partition coefficient (Wildman–Crippen LogP) is 0.982. The number of aryl methyl sites for hydroxylation is 1. The molecule has 0 unspecified atom stereocenters. The van der Waals surface area contributed by atoms with E-state index in [1.54, 1.807) is 6.92 Å². The van der Waals surface area contributed by atoms with Gasteiger partial charge in [-0.25, -0.2) is 14.8 Å². The molecule has 2 N–H and O–H groups in total. The molecule has 2 aromatic heterocycles. The third kappa shape index (κ3) is 1.93. The Hall–Kier alpha value is -2.76. The molecule has 0 aliphatic rings. The van der Waals surface area contributed by atoms with Crippen molar-refractivity contribution in [2.45, 2.75) is 6.92 Å². The lowest BCUT2D eigenvalue weighted by Gasteiger charge is -2.05. The second-order valence-electron chi connectivity index (χ2n) is 4.13. The van der Waals surface area contributed by atoms with Gasteiger partial charge in [-0.05, 0) is 6.92 Å². The van der Waals surface area contributed by atoms with Crippen molar-refractivity contribution in [2.24, 2.45) is 0 Å². The summed E-state index contributed by atoms with van der Waals surface area (Å²) in [4.78, 5) is 36.0. The van der Waals surface area contributed by atoms with Crippen LogP contribution < -0.4 is 11.2 Å². The number of hydrogen-bond acceptors (Lipinski definition) is 4. The molecule has 2 heterocycles. The van der Waals surface area contributed by atoms with Crippen LogP contribution >= 0.6 is 0 Å². The molecule has 0 aliphatic carbocycles. The number of hydrogen-bond donors (Lipinski definition) is 2. The molecule has 1 aromatic carbocycles. The molecule has 19 heavy (non-hydrogen) atoms. The summed E-state index contributed by atoms with van der Waals surface area (Å²) in [6.07, 6.45) is 0. The number of rotatable bonds is 1. The van der Waals surface area contributed by atoms with Crippen molar-refractivity contribution in [2.75, 3.05) is 0 Å². The molecule has 0 saturated heterocycles. The number of aromatic nitrogens is 4. The Labute approximate surface area is 107 Å². The second kappa shape index (κ2) is 4.16. The Morgan fingerprint density at radius 2 is 1.74 bits per heavy atom. The van der Waals surface area contributed by atoms with E-state index in [4.69, 9.17) is 0 Å². The zero-order valence-corrected chi connectivity index (χ0v) is 10.1. The van der Waals surface area contributed by atoms with E-state index in [9.17, 15) is 9.59 Å². The number of fused-ring (bicyclic) bond motifs is 1. The third-order valence-electron chi connectivity index (χ3n) is 2.79. The minimum atomic E-state index is -0.588. The molecule has 0 radical (unpaired) electrons. The molecule has 0 bridgehead atoms. The van der Waals surface area contributed by atoms with Gasteiger partial charge in [-0.2, -0.15) is 0 Å². The molecule has 94 valence electrons. The van der Waals surface area contributed by atoms with E-state index in [2.05, 4.69) is 19.9 Å². The van der Waals surface area contributed by atoms with E-state index in [1.807, 2.05) is 30.3 Å². The highest BCUT2D eigenvalue weighted by Gasteiger charge is 2.10. The van der Waals surface area contributed by atoms with Crippen LogP contribution in [0.4, 0.5) is 0 Å². The Balaban J connectivity index is 2.37. The van der Waals surface area contributed by atoms with Gasteiger partial charge in [-0.15, -0.1) is 0 Å². The van der Waals surface area contributed by atoms with Crippen LogP contribution in [0.5, 0.6) is 0 Å². The van der Waals surface area contributed by atoms with Crippen LogP contribution in [0.3, 0.4) is 0 Å². The molecular formula is C13H10N4O2. The van der Waals surface area contributed by atoms with Crippen molar-refractivity contribution >= 4 is 11.2 Å². The Kier molecular flexibility index (Phi) is 2.49. The van der Waals surface area contributed by atoms with Gasteiger partial charge in [-0.1, -0.05) is 30.3 Å². The summed E-state index contributed by atoms with van der Waals surface area (Å²) in [5.74, 6) is 0. The molecule has 0 aliphatic heterocycles. The maximum absolute atomic E-state index is 11.6. The fourth-order valence-corrected chi connectivity index (χ4v) is 1.94. The molecule has 6 heteroatoms. The fourth-order valence-electron chi connectivity index (χ4n) is 1.94. The third-order valence-corrected chi connectivity index (χ3v) is 2.79. The van der Waals surface area contributed by atoms with E-state index in [0.29, 0.717) is 11.4 Å². The average Bonchev–Trinajstić information content (AvgIpc) is 2.40. The fraction of sp³-hybridized carbons (Fsp3) is 0.0769. The molecule has 0 fully saturated rings. The van der Waals surface area contributed by atoms with Crippen LogP contribution in [-0.4, -0.2) is 19.9 Å². The lowest BCUT2D eigenvalue weighted by Crippen LogP contribution is -2.23. The topological polar surface area (TPSA) is 91.5 Å². The predicted molar refractivity (Wildman–Crippen MR) is 71.0 cm³/mol. The zero-order valence-electron chi connectivity index (χ0n) is 10.1. The van der Waals surface area contributed by atoms with Gasteiger partial charge in [0.05, 0.1) is 11.4 Å². The second-order valence-corrected chi connectivity index (χ2v) is 4.13. The highest BCUT2D eigenvalue weighted by Crippen LogP contribution is 2.20. The highest BCUT2D eigenvalue weighted by atomic mass is 16.2. The first-order valence-electron chi connectivity index (χ1n) is 5.71. The summed E-state index contributed by atoms with van der Waals surface area (Å²) >= 11 is 0. The first kappa shape index (κ1) is 11.3. The molecule has 0 spiro atoms. The molecule has 6 nitrogen and oxygen atoms in total. The Morgan fingerprint density at radius 3 is 2.47 bits per heavy atom. The van der Waals surface area contributed by atoms with Gasteiger partial charge in [-0.3, -0.25) is 14.8 Å². The van der Waals surface area contributed by atoms with Gasteiger partial charge < -0.3 is 0 Å². The van der Waals surface area contributed by atoms with Crippen molar-refractivity contribution in [1.82, 2.24) is 19.9 Å². The van der Waals surface area contributed by atoms with E-state index in [-0.39, 0.29) is 11.2 Å². The van der Waals surface area contributed by atoms with Gasteiger partial charge in [0.25, 0.3) is 5.56 Å². The molecule has 3 rings (SSSR count). The van der Waals surface area contributed by atoms with Crippen molar-refractivity contribution in [1.29, 1.82) is 0 Å². The quantitative estimate of drug-likeness (QED) is 0.677. The molecule has 0 saturated carbocycles. The van der Waals surface area contributed by atoms with Gasteiger partial charge >= 0.3 is 5.69 Å². The minimum absolute atomic E-state index is 0.136. The Morgan fingerprint density at radius 1 is 1.00 bits per heavy atom. The zero-order chi connectivity index (χ0) is 13.4. The van der Waals surface area contributed by atoms with Crippen LogP contribution in [0, 0.1) is 6.92 Å². The number of H-pyrrole nitrogens is 2. The average molecular weight is 254 g/mol. The SMILES string of the molecule is Cc1nc2c(=O)[nH]c(=O)[nH]c2nc1-c1ccccc1. The normalized spacial score (nSPS) is 10.8. The smallest absolute Gasteiger partial charge is 0.290 e. The van der Waals surface area contributed by atoms with Crippen molar-refractivity contribution in [3.63, 3.8) is 0 Å². The van der Waals surface area contributed by atoms with Crippen LogP contribution in [0.1, 0.15) is 5.69 Å². The van der Waals surface area contributed by atoms with Gasteiger partial charge in [0.2, 0.25) is 0 Å². The van der Waals surface area contributed by atoms with Crippen molar-refractivity contribution < 1.29 is 0 Å². The van der Waals surface area contributed by atoms with E-state index in [0.717, 1.165) is 5.56 Å². The molecule has 0 atom stereocenters. The molecule has 3 aromatic rings. The number of nitrogens with zero attached hydrogens (tertiary/aromatic N) is 2. The summed E-state index contributed by atoms with van der Waals surface area (Å²) in [6, 6.07) is 9.48. The number of aromatic amines is 2. The van der Waals surface area contributed by atoms with Gasteiger partial charge in [0.15, 0.2) is 11.2 Å².